The fraction of sp³-hybridized carbons (Fsp3) is 0.529. The van der Waals surface area contributed by atoms with Crippen molar-refractivity contribution < 1.29 is 9.47 Å². The minimum Gasteiger partial charge on any atom is -0.366 e. The highest BCUT2D eigenvalue weighted by Gasteiger charge is 2.38. The molecule has 2 rings (SSSR count). The van der Waals surface area contributed by atoms with Crippen LogP contribution in [0.1, 0.15) is 20.8 Å². The molecule has 2 nitrogen and oxygen atoms in total. The molecule has 10 heteroatoms. The van der Waals surface area contributed by atoms with E-state index in [9.17, 15) is 0 Å². The van der Waals surface area contributed by atoms with E-state index in [0.717, 1.165) is 26.9 Å². The summed E-state index contributed by atoms with van der Waals surface area (Å²) in [5.74, 6) is 0. The van der Waals surface area contributed by atoms with Gasteiger partial charge in [0.05, 0.1) is 21.4 Å². The van der Waals surface area contributed by atoms with Gasteiger partial charge in [0, 0.05) is 26.9 Å². The SMILES string of the molecule is CC(COC1C=C(Br)C(C)(Br)C(Br)=C1Br)OC1C=C(Br)C(C)(Br)C(Br)=C1Br. The second kappa shape index (κ2) is 10.1. The van der Waals surface area contributed by atoms with Crippen LogP contribution in [-0.2, 0) is 9.47 Å². The van der Waals surface area contributed by atoms with Crippen molar-refractivity contribution in [3.05, 3.63) is 39.0 Å². The monoisotopic (exact) mass is 883 g/mol. The Hall–Kier alpha value is 2.72. The number of hydrogen-bond donors (Lipinski definition) is 0. The Morgan fingerprint density at radius 2 is 1.26 bits per heavy atom. The van der Waals surface area contributed by atoms with E-state index >= 15 is 0 Å². The molecule has 2 aliphatic carbocycles. The van der Waals surface area contributed by atoms with Crippen molar-refractivity contribution >= 4 is 127 Å². The number of allylic oxidation sites excluding steroid dienone is 4. The summed E-state index contributed by atoms with van der Waals surface area (Å²) < 4.78 is 17.6. The molecule has 0 spiro atoms. The fourth-order valence-corrected chi connectivity index (χ4v) is 7.19. The van der Waals surface area contributed by atoms with Crippen molar-refractivity contribution in [2.45, 2.75) is 47.7 Å². The minimum absolute atomic E-state index is 0.109. The molecule has 5 unspecified atom stereocenters. The first-order valence-corrected chi connectivity index (χ1v) is 14.2. The maximum absolute atomic E-state index is 6.19. The van der Waals surface area contributed by atoms with Crippen molar-refractivity contribution in [1.82, 2.24) is 0 Å². The van der Waals surface area contributed by atoms with Crippen molar-refractivity contribution in [3.8, 4) is 0 Å². The standard InChI is InChI=1S/C17H16Br8O2/c1-7(27-9-5-11(19)17(3,25)15(23)13(9)21)6-26-8-4-10(18)16(2,24)14(22)12(8)20/h4-5,7-9H,6H2,1-3H3. The number of alkyl halides is 2. The molecule has 0 aromatic heterocycles. The molecule has 0 N–H and O–H groups in total. The Labute approximate surface area is 227 Å². The molecule has 0 saturated carbocycles. The van der Waals surface area contributed by atoms with E-state index in [-0.39, 0.29) is 27.0 Å². The maximum atomic E-state index is 6.19. The van der Waals surface area contributed by atoms with E-state index in [4.69, 9.17) is 9.47 Å². The summed E-state index contributed by atoms with van der Waals surface area (Å²) in [6.45, 7) is 6.57. The lowest BCUT2D eigenvalue weighted by Crippen LogP contribution is -2.32. The van der Waals surface area contributed by atoms with Gasteiger partial charge in [-0.25, -0.2) is 0 Å². The van der Waals surface area contributed by atoms with Crippen LogP contribution in [-0.4, -0.2) is 33.6 Å². The first-order chi connectivity index (χ1) is 12.3. The van der Waals surface area contributed by atoms with Crippen LogP contribution in [0.15, 0.2) is 39.0 Å². The Morgan fingerprint density at radius 1 is 0.852 bits per heavy atom. The molecule has 2 aliphatic rings. The lowest BCUT2D eigenvalue weighted by molar-refractivity contribution is -0.0253. The highest BCUT2D eigenvalue weighted by atomic mass is 79.9. The zero-order chi connectivity index (χ0) is 20.7. The third-order valence-electron chi connectivity index (χ3n) is 4.13. The minimum atomic E-state index is -0.297. The Balaban J connectivity index is 2.03. The van der Waals surface area contributed by atoms with E-state index in [2.05, 4.69) is 141 Å². The van der Waals surface area contributed by atoms with Crippen LogP contribution in [0.5, 0.6) is 0 Å². The Kier molecular flexibility index (Phi) is 9.73. The molecule has 0 heterocycles. The van der Waals surface area contributed by atoms with Gasteiger partial charge in [0.15, 0.2) is 0 Å². The van der Waals surface area contributed by atoms with E-state index in [1.807, 2.05) is 19.1 Å². The summed E-state index contributed by atoms with van der Waals surface area (Å²) in [6, 6.07) is 0. The molecular formula is C17H16Br8O2. The van der Waals surface area contributed by atoms with Gasteiger partial charge < -0.3 is 9.47 Å². The summed E-state index contributed by atoms with van der Waals surface area (Å²) in [5, 5.41) is 0. The number of hydrogen-bond acceptors (Lipinski definition) is 2. The molecule has 27 heavy (non-hydrogen) atoms. The zero-order valence-corrected chi connectivity index (χ0v) is 27.1. The predicted octanol–water partition coefficient (Wildman–Crippen LogP) is 9.04. The smallest absolute Gasteiger partial charge is 0.110 e. The summed E-state index contributed by atoms with van der Waals surface area (Å²) in [6.07, 6.45) is 3.59. The van der Waals surface area contributed by atoms with Crippen LogP contribution in [0.4, 0.5) is 0 Å². The highest BCUT2D eigenvalue weighted by molar-refractivity contribution is 9.17. The lowest BCUT2D eigenvalue weighted by atomic mass is 10.0. The first kappa shape index (κ1) is 26.0. The highest BCUT2D eigenvalue weighted by Crippen LogP contribution is 2.50. The second-order valence-electron chi connectivity index (χ2n) is 6.48. The van der Waals surface area contributed by atoms with E-state index in [1.54, 1.807) is 0 Å². The van der Waals surface area contributed by atoms with E-state index < -0.39 is 0 Å². The van der Waals surface area contributed by atoms with Crippen molar-refractivity contribution in [1.29, 1.82) is 0 Å². The summed E-state index contributed by atoms with van der Waals surface area (Å²) in [5.41, 5.74) is 0. The molecule has 5 atom stereocenters. The molecule has 0 amide bonds. The van der Waals surface area contributed by atoms with Crippen LogP contribution in [0, 0.1) is 0 Å². The second-order valence-corrected chi connectivity index (χ2v) is 14.7. The van der Waals surface area contributed by atoms with Gasteiger partial charge in [-0.1, -0.05) is 127 Å². The third-order valence-corrected chi connectivity index (χ3v) is 15.2. The number of ether oxygens (including phenoxy) is 2. The molecule has 0 bridgehead atoms. The summed E-state index contributed by atoms with van der Waals surface area (Å²) in [7, 11) is 0. The molecule has 0 radical (unpaired) electrons. The quantitative estimate of drug-likeness (QED) is 0.257. The lowest BCUT2D eigenvalue weighted by Gasteiger charge is -2.33. The van der Waals surface area contributed by atoms with Crippen molar-refractivity contribution in [2.75, 3.05) is 6.61 Å². The van der Waals surface area contributed by atoms with Gasteiger partial charge in [-0.2, -0.15) is 0 Å². The molecule has 0 fully saturated rings. The van der Waals surface area contributed by atoms with Gasteiger partial charge in [0.1, 0.15) is 12.2 Å². The van der Waals surface area contributed by atoms with Gasteiger partial charge >= 0.3 is 0 Å². The zero-order valence-electron chi connectivity index (χ0n) is 14.4. The van der Waals surface area contributed by atoms with E-state index in [0.29, 0.717) is 6.61 Å². The van der Waals surface area contributed by atoms with Gasteiger partial charge in [-0.05, 0) is 32.9 Å². The molecule has 152 valence electrons. The average molecular weight is 892 g/mol. The van der Waals surface area contributed by atoms with E-state index in [1.165, 1.54) is 0 Å². The van der Waals surface area contributed by atoms with Gasteiger partial charge in [-0.3, -0.25) is 0 Å². The number of rotatable bonds is 5. The van der Waals surface area contributed by atoms with Crippen molar-refractivity contribution in [2.24, 2.45) is 0 Å². The molecule has 0 aromatic rings. The largest absolute Gasteiger partial charge is 0.366 e. The average Bonchev–Trinajstić information content (AvgIpc) is 2.59. The third kappa shape index (κ3) is 5.75. The molecule has 0 aliphatic heterocycles. The Bertz CT molecular complexity index is 735. The van der Waals surface area contributed by atoms with Gasteiger partial charge in [0.25, 0.3) is 0 Å². The van der Waals surface area contributed by atoms with Crippen LogP contribution in [0.3, 0.4) is 0 Å². The van der Waals surface area contributed by atoms with Gasteiger partial charge in [0.2, 0.25) is 0 Å². The molecule has 0 aromatic carbocycles. The summed E-state index contributed by atoms with van der Waals surface area (Å²) >= 11 is 29.2. The molecule has 0 saturated heterocycles. The number of halogens is 8. The fourth-order valence-electron chi connectivity index (χ4n) is 2.38. The Morgan fingerprint density at radius 3 is 1.74 bits per heavy atom. The maximum Gasteiger partial charge on any atom is 0.110 e. The summed E-state index contributed by atoms with van der Waals surface area (Å²) in [4.78, 5) is 0. The van der Waals surface area contributed by atoms with Crippen LogP contribution in [0.25, 0.3) is 0 Å². The normalized spacial score (nSPS) is 36.0. The molecular weight excluding hydrogens is 875 g/mol. The van der Waals surface area contributed by atoms with Crippen LogP contribution in [0.2, 0.25) is 0 Å². The van der Waals surface area contributed by atoms with Crippen LogP contribution < -0.4 is 0 Å². The topological polar surface area (TPSA) is 18.5 Å². The predicted molar refractivity (Wildman–Crippen MR) is 143 cm³/mol. The van der Waals surface area contributed by atoms with Gasteiger partial charge in [-0.15, -0.1) is 0 Å². The first-order valence-electron chi connectivity index (χ1n) is 7.81. The van der Waals surface area contributed by atoms with Crippen LogP contribution >= 0.6 is 127 Å². The van der Waals surface area contributed by atoms with Crippen molar-refractivity contribution in [3.63, 3.8) is 0 Å².